The maximum absolute atomic E-state index is 11.3. The van der Waals surface area contributed by atoms with Crippen molar-refractivity contribution in [3.63, 3.8) is 0 Å². The SMILES string of the molecule is CN1CCN(CC2CC2)C2(CCN(C=O)C(C)(C)C2)C1. The first-order chi connectivity index (χ1) is 9.45. The molecule has 0 aromatic carbocycles. The Kier molecular flexibility index (Phi) is 3.57. The summed E-state index contributed by atoms with van der Waals surface area (Å²) in [4.78, 5) is 18.5. The molecule has 20 heavy (non-hydrogen) atoms. The number of amides is 1. The predicted molar refractivity (Wildman–Crippen MR) is 80.6 cm³/mol. The number of likely N-dealkylation sites (tertiary alicyclic amines) is 1. The number of piperidine rings is 1. The Balaban J connectivity index is 1.80. The molecule has 2 aliphatic heterocycles. The lowest BCUT2D eigenvalue weighted by atomic mass is 9.74. The monoisotopic (exact) mass is 279 g/mol. The zero-order valence-electron chi connectivity index (χ0n) is 13.3. The number of hydrogen-bond acceptors (Lipinski definition) is 3. The Hall–Kier alpha value is -0.610. The van der Waals surface area contributed by atoms with Crippen molar-refractivity contribution < 1.29 is 4.79 Å². The van der Waals surface area contributed by atoms with Crippen LogP contribution < -0.4 is 0 Å². The first-order valence-corrected chi connectivity index (χ1v) is 8.11. The Morgan fingerprint density at radius 3 is 2.55 bits per heavy atom. The summed E-state index contributed by atoms with van der Waals surface area (Å²) in [5, 5.41) is 0. The molecule has 4 nitrogen and oxygen atoms in total. The molecule has 114 valence electrons. The van der Waals surface area contributed by atoms with E-state index in [0.29, 0.717) is 5.54 Å². The van der Waals surface area contributed by atoms with Crippen LogP contribution in [0.1, 0.15) is 39.5 Å². The molecule has 2 heterocycles. The van der Waals surface area contributed by atoms with Gasteiger partial charge in [-0.3, -0.25) is 9.69 Å². The van der Waals surface area contributed by atoms with Crippen LogP contribution in [-0.4, -0.2) is 72.0 Å². The molecule has 0 aromatic heterocycles. The molecular formula is C16H29N3O. The van der Waals surface area contributed by atoms with Crippen molar-refractivity contribution >= 4 is 6.41 Å². The topological polar surface area (TPSA) is 26.8 Å². The molecule has 0 bridgehead atoms. The average Bonchev–Trinajstić information content (AvgIpc) is 3.16. The molecular weight excluding hydrogens is 250 g/mol. The van der Waals surface area contributed by atoms with Gasteiger partial charge in [0.25, 0.3) is 0 Å². The van der Waals surface area contributed by atoms with Crippen LogP contribution in [0.5, 0.6) is 0 Å². The van der Waals surface area contributed by atoms with Gasteiger partial charge >= 0.3 is 0 Å². The summed E-state index contributed by atoms with van der Waals surface area (Å²) in [5.74, 6) is 0.947. The van der Waals surface area contributed by atoms with Gasteiger partial charge in [0, 0.05) is 43.8 Å². The predicted octanol–water partition coefficient (Wildman–Crippen LogP) is 1.41. The van der Waals surface area contributed by atoms with Crippen LogP contribution in [0.15, 0.2) is 0 Å². The van der Waals surface area contributed by atoms with E-state index in [-0.39, 0.29) is 5.54 Å². The van der Waals surface area contributed by atoms with E-state index < -0.39 is 0 Å². The number of piperazine rings is 1. The maximum atomic E-state index is 11.3. The van der Waals surface area contributed by atoms with E-state index >= 15 is 0 Å². The highest BCUT2D eigenvalue weighted by Gasteiger charge is 2.49. The molecule has 1 atom stereocenters. The van der Waals surface area contributed by atoms with E-state index in [0.717, 1.165) is 38.3 Å². The van der Waals surface area contributed by atoms with Crippen LogP contribution in [0.2, 0.25) is 0 Å². The molecule has 2 saturated heterocycles. The van der Waals surface area contributed by atoms with Gasteiger partial charge in [-0.2, -0.15) is 0 Å². The molecule has 1 aliphatic carbocycles. The third-order valence-corrected chi connectivity index (χ3v) is 5.65. The Morgan fingerprint density at radius 1 is 1.20 bits per heavy atom. The van der Waals surface area contributed by atoms with Crippen molar-refractivity contribution in [2.24, 2.45) is 5.92 Å². The summed E-state index contributed by atoms with van der Waals surface area (Å²) in [6, 6.07) is 0. The number of likely N-dealkylation sites (N-methyl/N-ethyl adjacent to an activating group) is 1. The molecule has 0 aromatic rings. The van der Waals surface area contributed by atoms with E-state index in [4.69, 9.17) is 0 Å². The van der Waals surface area contributed by atoms with Gasteiger partial charge in [-0.25, -0.2) is 0 Å². The fraction of sp³-hybridized carbons (Fsp3) is 0.938. The van der Waals surface area contributed by atoms with Gasteiger partial charge in [0.2, 0.25) is 6.41 Å². The normalized spacial score (nSPS) is 35.5. The van der Waals surface area contributed by atoms with Crippen molar-refractivity contribution in [1.82, 2.24) is 14.7 Å². The zero-order chi connectivity index (χ0) is 14.4. The second kappa shape index (κ2) is 4.99. The minimum atomic E-state index is -0.0139. The van der Waals surface area contributed by atoms with Crippen LogP contribution in [0, 0.1) is 5.92 Å². The summed E-state index contributed by atoms with van der Waals surface area (Å²) < 4.78 is 0. The zero-order valence-corrected chi connectivity index (χ0v) is 13.3. The van der Waals surface area contributed by atoms with Crippen LogP contribution in [-0.2, 0) is 4.79 Å². The van der Waals surface area contributed by atoms with Crippen molar-refractivity contribution in [3.8, 4) is 0 Å². The van der Waals surface area contributed by atoms with Crippen LogP contribution in [0.3, 0.4) is 0 Å². The van der Waals surface area contributed by atoms with Crippen molar-refractivity contribution in [1.29, 1.82) is 0 Å². The number of carbonyl (C=O) groups is 1. The molecule has 1 saturated carbocycles. The third-order valence-electron chi connectivity index (χ3n) is 5.65. The van der Waals surface area contributed by atoms with Crippen molar-refractivity contribution in [3.05, 3.63) is 0 Å². The van der Waals surface area contributed by atoms with Gasteiger partial charge in [-0.1, -0.05) is 0 Å². The number of nitrogens with zero attached hydrogens (tertiary/aromatic N) is 3. The van der Waals surface area contributed by atoms with Crippen LogP contribution in [0.4, 0.5) is 0 Å². The minimum Gasteiger partial charge on any atom is -0.340 e. The lowest BCUT2D eigenvalue weighted by Gasteiger charge is -2.58. The molecule has 3 rings (SSSR count). The molecule has 4 heteroatoms. The van der Waals surface area contributed by atoms with E-state index in [9.17, 15) is 4.79 Å². The first kappa shape index (κ1) is 14.3. The Morgan fingerprint density at radius 2 is 1.95 bits per heavy atom. The number of hydrogen-bond donors (Lipinski definition) is 0. The molecule has 0 N–H and O–H groups in total. The fourth-order valence-electron chi connectivity index (χ4n) is 4.33. The second-order valence-electron chi connectivity index (χ2n) is 7.89. The maximum Gasteiger partial charge on any atom is 0.210 e. The Bertz CT molecular complexity index is 380. The summed E-state index contributed by atoms with van der Waals surface area (Å²) in [5.41, 5.74) is 0.276. The molecule has 3 aliphatic rings. The summed E-state index contributed by atoms with van der Waals surface area (Å²) in [7, 11) is 2.25. The van der Waals surface area contributed by atoms with Gasteiger partial charge < -0.3 is 9.80 Å². The van der Waals surface area contributed by atoms with E-state index in [1.807, 2.05) is 4.90 Å². The molecule has 1 spiro atoms. The molecule has 1 amide bonds. The van der Waals surface area contributed by atoms with Gasteiger partial charge in [0.1, 0.15) is 0 Å². The molecule has 0 radical (unpaired) electrons. The van der Waals surface area contributed by atoms with Gasteiger partial charge in [-0.15, -0.1) is 0 Å². The first-order valence-electron chi connectivity index (χ1n) is 8.11. The highest BCUT2D eigenvalue weighted by Crippen LogP contribution is 2.42. The summed E-state index contributed by atoms with van der Waals surface area (Å²) in [6.45, 7) is 10.2. The lowest BCUT2D eigenvalue weighted by Crippen LogP contribution is -2.69. The third kappa shape index (κ3) is 2.60. The number of rotatable bonds is 3. The van der Waals surface area contributed by atoms with E-state index in [1.54, 1.807) is 0 Å². The van der Waals surface area contributed by atoms with Crippen LogP contribution >= 0.6 is 0 Å². The highest BCUT2D eigenvalue weighted by molar-refractivity contribution is 5.49. The fourth-order valence-corrected chi connectivity index (χ4v) is 4.33. The second-order valence-corrected chi connectivity index (χ2v) is 7.89. The Labute approximate surface area is 123 Å². The van der Waals surface area contributed by atoms with Crippen molar-refractivity contribution in [2.45, 2.75) is 50.6 Å². The standard InChI is InChI=1S/C16H29N3O/c1-15(2)11-16(6-7-19(15)13-20)12-17(3)8-9-18(16)10-14-4-5-14/h13-14H,4-12H2,1-3H3. The summed E-state index contributed by atoms with van der Waals surface area (Å²) >= 11 is 0. The molecule has 1 unspecified atom stereocenters. The highest BCUT2D eigenvalue weighted by atomic mass is 16.1. The van der Waals surface area contributed by atoms with Gasteiger partial charge in [0.15, 0.2) is 0 Å². The lowest BCUT2D eigenvalue weighted by molar-refractivity contribution is -0.132. The van der Waals surface area contributed by atoms with Crippen molar-refractivity contribution in [2.75, 3.05) is 39.8 Å². The van der Waals surface area contributed by atoms with Gasteiger partial charge in [-0.05, 0) is 52.5 Å². The minimum absolute atomic E-state index is 0.0139. The van der Waals surface area contributed by atoms with Crippen LogP contribution in [0.25, 0.3) is 0 Å². The summed E-state index contributed by atoms with van der Waals surface area (Å²) in [6.07, 6.45) is 6.13. The quantitative estimate of drug-likeness (QED) is 0.731. The average molecular weight is 279 g/mol. The number of carbonyl (C=O) groups excluding carboxylic acids is 1. The molecule has 3 fully saturated rings. The largest absolute Gasteiger partial charge is 0.340 e. The van der Waals surface area contributed by atoms with Gasteiger partial charge in [0.05, 0.1) is 0 Å². The van der Waals surface area contributed by atoms with E-state index in [2.05, 4.69) is 30.7 Å². The smallest absolute Gasteiger partial charge is 0.210 e. The van der Waals surface area contributed by atoms with E-state index in [1.165, 1.54) is 32.5 Å².